The van der Waals surface area contributed by atoms with Crippen LogP contribution in [-0.2, 0) is 16.6 Å². The zero-order valence-corrected chi connectivity index (χ0v) is 26.3. The molecule has 1 aliphatic heterocycles. The molecule has 1 saturated heterocycles. The van der Waals surface area contributed by atoms with Crippen LogP contribution < -0.4 is 10.2 Å². The molecule has 6 rings (SSSR count). The number of aryl methyl sites for hydroxylation is 1. The van der Waals surface area contributed by atoms with Crippen LogP contribution >= 0.6 is 20.6 Å². The number of fused-ring (bicyclic) bond motifs is 1. The second-order valence-electron chi connectivity index (χ2n) is 11.1. The number of β-amino-alcohol motifs (C(OH)–C–C–N with tert-alkyl or cyclic N) is 1. The van der Waals surface area contributed by atoms with Crippen LogP contribution in [0.3, 0.4) is 0 Å². The van der Waals surface area contributed by atoms with E-state index in [1.54, 1.807) is 17.3 Å². The maximum atomic E-state index is 13.0. The maximum absolute atomic E-state index is 13.0. The number of pyridine rings is 1. The Morgan fingerprint density at radius 2 is 1.86 bits per heavy atom. The summed E-state index contributed by atoms with van der Waals surface area (Å²) in [7, 11) is 4.61. The molecule has 218 valence electrons. The van der Waals surface area contributed by atoms with Gasteiger partial charge in [-0.3, -0.25) is 19.2 Å². The number of hydrogen-bond acceptors (Lipinski definition) is 9. The second kappa shape index (κ2) is 11.1. The number of aliphatic hydroxyl groups excluding tert-OH is 1. The summed E-state index contributed by atoms with van der Waals surface area (Å²) >= 11 is 1.35. The molecular formula is C31H31N8O2PS. The van der Waals surface area contributed by atoms with Gasteiger partial charge in [-0.2, -0.15) is 5.26 Å². The number of thiazole rings is 1. The van der Waals surface area contributed by atoms with Gasteiger partial charge in [0.2, 0.25) is 5.91 Å². The highest BCUT2D eigenvalue weighted by Crippen LogP contribution is 2.37. The van der Waals surface area contributed by atoms with Gasteiger partial charge < -0.3 is 14.9 Å². The predicted molar refractivity (Wildman–Crippen MR) is 171 cm³/mol. The van der Waals surface area contributed by atoms with Crippen LogP contribution in [0.25, 0.3) is 28.2 Å². The van der Waals surface area contributed by atoms with E-state index in [-0.39, 0.29) is 5.91 Å². The maximum Gasteiger partial charge on any atom is 0.234 e. The van der Waals surface area contributed by atoms with Crippen LogP contribution in [0.15, 0.2) is 55.0 Å². The van der Waals surface area contributed by atoms with Crippen LogP contribution in [0, 0.1) is 11.3 Å². The van der Waals surface area contributed by atoms with Gasteiger partial charge in [-0.05, 0) is 37.7 Å². The number of imidazole rings is 1. The lowest BCUT2D eigenvalue weighted by Gasteiger charge is -2.40. The topological polar surface area (TPSA) is 124 Å². The number of rotatable bonds is 7. The lowest BCUT2D eigenvalue weighted by molar-refractivity contribution is -0.146. The molecule has 4 aromatic heterocycles. The molecule has 43 heavy (non-hydrogen) atoms. The van der Waals surface area contributed by atoms with Gasteiger partial charge in [0, 0.05) is 37.5 Å². The zero-order valence-electron chi connectivity index (χ0n) is 24.3. The normalized spacial score (nSPS) is 13.7. The number of anilines is 2. The van der Waals surface area contributed by atoms with Crippen molar-refractivity contribution in [3.63, 3.8) is 0 Å². The first-order valence-corrected chi connectivity index (χ1v) is 15.3. The van der Waals surface area contributed by atoms with Gasteiger partial charge in [0.05, 0.1) is 41.0 Å². The standard InChI is InChI=1S/C31H31N8O2PS/c1-5-22-28(37(4)30-36-27(24(12-32)43-30)18-6-9-21(42)10-7-18)39-15-19(8-11-26(39)35-22)23-13-34-25(14-33-23)31(2,3)29(41)38-16-20(40)17-38/h6-11,13-15,20,40H,5,16-17,42H2,1-4H3. The quantitative estimate of drug-likeness (QED) is 0.273. The summed E-state index contributed by atoms with van der Waals surface area (Å²) in [6, 6.07) is 14.1. The molecule has 0 spiro atoms. The number of likely N-dealkylation sites (tertiary alicyclic amines) is 1. The molecule has 0 bridgehead atoms. The average molecular weight is 611 g/mol. The van der Waals surface area contributed by atoms with Gasteiger partial charge in [0.15, 0.2) is 5.13 Å². The van der Waals surface area contributed by atoms with Crippen LogP contribution in [-0.4, -0.2) is 66.5 Å². The minimum Gasteiger partial charge on any atom is -0.389 e. The van der Waals surface area contributed by atoms with Gasteiger partial charge in [0.1, 0.15) is 28.1 Å². The number of benzene rings is 1. The molecule has 5 heterocycles. The van der Waals surface area contributed by atoms with E-state index < -0.39 is 11.5 Å². The molecule has 1 aliphatic rings. The lowest BCUT2D eigenvalue weighted by Crippen LogP contribution is -2.58. The van der Waals surface area contributed by atoms with Crippen LogP contribution in [0.2, 0.25) is 0 Å². The number of nitrogens with zero attached hydrogens (tertiary/aromatic N) is 8. The summed E-state index contributed by atoms with van der Waals surface area (Å²) in [5.74, 6) is 0.781. The van der Waals surface area contributed by atoms with Gasteiger partial charge >= 0.3 is 0 Å². The Bertz CT molecular complexity index is 1870. The predicted octanol–water partition coefficient (Wildman–Crippen LogP) is 4.10. The van der Waals surface area contributed by atoms with Gasteiger partial charge in [-0.15, -0.1) is 9.24 Å². The highest BCUT2D eigenvalue weighted by Gasteiger charge is 2.40. The number of hydrogen-bond donors (Lipinski definition) is 1. The van der Waals surface area contributed by atoms with Crippen LogP contribution in [0.5, 0.6) is 0 Å². The number of amides is 1. The number of aromatic nitrogens is 5. The van der Waals surface area contributed by atoms with E-state index in [1.165, 1.54) is 11.3 Å². The van der Waals surface area contributed by atoms with E-state index in [9.17, 15) is 15.2 Å². The largest absolute Gasteiger partial charge is 0.389 e. The van der Waals surface area contributed by atoms with Gasteiger partial charge in [0.25, 0.3) is 0 Å². The van der Waals surface area contributed by atoms with Crippen LogP contribution in [0.1, 0.15) is 37.0 Å². The third-order valence-corrected chi connectivity index (χ3v) is 9.20. The molecule has 0 saturated carbocycles. The Kier molecular flexibility index (Phi) is 7.46. The first-order valence-electron chi connectivity index (χ1n) is 13.9. The summed E-state index contributed by atoms with van der Waals surface area (Å²) in [6.45, 7) is 6.41. The molecule has 1 N–H and O–H groups in total. The first-order chi connectivity index (χ1) is 20.6. The zero-order chi connectivity index (χ0) is 30.5. The van der Waals surface area contributed by atoms with E-state index in [0.717, 1.165) is 33.6 Å². The summed E-state index contributed by atoms with van der Waals surface area (Å²) in [4.78, 5) is 36.2. The fraction of sp³-hybridized carbons (Fsp3) is 0.290. The SMILES string of the molecule is CCc1nc2ccc(-c3cnc(C(C)(C)C(=O)N4CC(O)C4)cn3)cn2c1N(C)c1nc(-c2ccc(P)cc2)c(C#N)s1. The summed E-state index contributed by atoms with van der Waals surface area (Å²) in [6.07, 6.45) is 5.56. The van der Waals surface area contributed by atoms with Gasteiger partial charge in [-0.1, -0.05) is 42.5 Å². The fourth-order valence-electron chi connectivity index (χ4n) is 5.21. The van der Waals surface area contributed by atoms with Crippen molar-refractivity contribution in [3.8, 4) is 28.6 Å². The van der Waals surface area contributed by atoms with Crippen LogP contribution in [0.4, 0.5) is 10.9 Å². The molecule has 1 atom stereocenters. The smallest absolute Gasteiger partial charge is 0.234 e. The third-order valence-electron chi connectivity index (χ3n) is 7.78. The summed E-state index contributed by atoms with van der Waals surface area (Å²) < 4.78 is 2.02. The molecule has 1 amide bonds. The molecule has 0 radical (unpaired) electrons. The Morgan fingerprint density at radius 1 is 1.14 bits per heavy atom. The Labute approximate surface area is 255 Å². The number of carbonyl (C=O) groups is 1. The van der Waals surface area contributed by atoms with Gasteiger partial charge in [-0.25, -0.2) is 9.97 Å². The van der Waals surface area contributed by atoms with Crippen molar-refractivity contribution < 1.29 is 9.90 Å². The van der Waals surface area contributed by atoms with Crippen molar-refractivity contribution >= 4 is 48.4 Å². The van der Waals surface area contributed by atoms with Crippen molar-refractivity contribution in [1.29, 1.82) is 5.26 Å². The Hall–Kier alpha value is -4.23. The highest BCUT2D eigenvalue weighted by molar-refractivity contribution is 7.27. The number of carbonyl (C=O) groups excluding carboxylic acids is 1. The third kappa shape index (κ3) is 5.16. The van der Waals surface area contributed by atoms with Crippen molar-refractivity contribution in [2.75, 3.05) is 25.0 Å². The molecule has 10 nitrogen and oxygen atoms in total. The number of aliphatic hydroxyl groups is 1. The highest BCUT2D eigenvalue weighted by atomic mass is 32.1. The van der Waals surface area contributed by atoms with E-state index in [4.69, 9.17) is 9.97 Å². The van der Waals surface area contributed by atoms with Crippen molar-refractivity contribution in [3.05, 3.63) is 71.3 Å². The molecular weight excluding hydrogens is 579 g/mol. The monoisotopic (exact) mass is 610 g/mol. The van der Waals surface area contributed by atoms with Crippen molar-refractivity contribution in [2.45, 2.75) is 38.7 Å². The minimum absolute atomic E-state index is 0.0780. The fourth-order valence-corrected chi connectivity index (χ4v) is 6.25. The van der Waals surface area contributed by atoms with Crippen molar-refractivity contribution in [1.82, 2.24) is 29.2 Å². The molecule has 1 aromatic carbocycles. The average Bonchev–Trinajstić information content (AvgIpc) is 3.60. The Morgan fingerprint density at radius 3 is 2.49 bits per heavy atom. The second-order valence-corrected chi connectivity index (χ2v) is 12.8. The van der Waals surface area contributed by atoms with E-state index in [0.29, 0.717) is 46.6 Å². The molecule has 1 unspecified atom stereocenters. The van der Waals surface area contributed by atoms with Crippen molar-refractivity contribution in [2.24, 2.45) is 0 Å². The van der Waals surface area contributed by atoms with E-state index >= 15 is 0 Å². The Balaban J connectivity index is 1.34. The van der Waals surface area contributed by atoms with E-state index in [2.05, 4.69) is 32.2 Å². The molecule has 1 fully saturated rings. The first kappa shape index (κ1) is 28.9. The molecule has 0 aliphatic carbocycles. The number of nitriles is 1. The summed E-state index contributed by atoms with van der Waals surface area (Å²) in [5, 5.41) is 21.2. The summed E-state index contributed by atoms with van der Waals surface area (Å²) in [5.41, 5.74) is 4.45. The minimum atomic E-state index is -0.863. The lowest BCUT2D eigenvalue weighted by atomic mass is 9.86. The molecule has 5 aromatic rings. The molecule has 12 heteroatoms. The van der Waals surface area contributed by atoms with E-state index in [1.807, 2.05) is 72.8 Å².